The van der Waals surface area contributed by atoms with Gasteiger partial charge in [-0.2, -0.15) is 11.3 Å². The second kappa shape index (κ2) is 4.87. The molecular weight excluding hydrogens is 236 g/mol. The topological polar surface area (TPSA) is 49.7 Å². The van der Waals surface area contributed by atoms with Gasteiger partial charge in [0.1, 0.15) is 5.75 Å². The molecule has 1 aromatic heterocycles. The molecule has 2 aromatic rings. The highest BCUT2D eigenvalue weighted by molar-refractivity contribution is 7.08. The van der Waals surface area contributed by atoms with Crippen LogP contribution >= 0.6 is 11.3 Å². The quantitative estimate of drug-likeness (QED) is 0.823. The van der Waals surface area contributed by atoms with Crippen molar-refractivity contribution in [2.75, 3.05) is 7.11 Å². The SMILES string of the molecule is COc1cc(C(O)O)ccc1-c1cscc1C. The number of ether oxygens (including phenoxy) is 1. The van der Waals surface area contributed by atoms with Gasteiger partial charge in [-0.05, 0) is 34.9 Å². The van der Waals surface area contributed by atoms with Crippen LogP contribution in [-0.2, 0) is 0 Å². The molecule has 0 aliphatic carbocycles. The van der Waals surface area contributed by atoms with Crippen molar-refractivity contribution >= 4 is 11.3 Å². The summed E-state index contributed by atoms with van der Waals surface area (Å²) in [6.07, 6.45) is -1.47. The van der Waals surface area contributed by atoms with E-state index in [1.165, 1.54) is 5.56 Å². The standard InChI is InChI=1S/C13H14O3S/c1-8-6-17-7-11(8)10-4-3-9(13(14)15)5-12(10)16-2/h3-7,13-15H,1-2H3. The second-order valence-electron chi connectivity index (χ2n) is 3.80. The van der Waals surface area contributed by atoms with Crippen LogP contribution in [0.3, 0.4) is 0 Å². The van der Waals surface area contributed by atoms with Gasteiger partial charge in [0.25, 0.3) is 0 Å². The molecule has 1 heterocycles. The monoisotopic (exact) mass is 250 g/mol. The summed E-state index contributed by atoms with van der Waals surface area (Å²) in [5.41, 5.74) is 3.70. The van der Waals surface area contributed by atoms with Crippen molar-refractivity contribution in [1.29, 1.82) is 0 Å². The Kier molecular flexibility index (Phi) is 3.47. The van der Waals surface area contributed by atoms with Gasteiger partial charge in [-0.1, -0.05) is 12.1 Å². The van der Waals surface area contributed by atoms with Gasteiger partial charge in [0.2, 0.25) is 0 Å². The van der Waals surface area contributed by atoms with Crippen molar-refractivity contribution < 1.29 is 14.9 Å². The summed E-state index contributed by atoms with van der Waals surface area (Å²) in [4.78, 5) is 0. The highest BCUT2D eigenvalue weighted by Crippen LogP contribution is 2.35. The van der Waals surface area contributed by atoms with Crippen LogP contribution in [0.2, 0.25) is 0 Å². The predicted octanol–water partition coefficient (Wildman–Crippen LogP) is 2.72. The Hall–Kier alpha value is -1.36. The minimum Gasteiger partial charge on any atom is -0.496 e. The van der Waals surface area contributed by atoms with E-state index in [1.807, 2.05) is 13.0 Å². The van der Waals surface area contributed by atoms with Gasteiger partial charge in [-0.15, -0.1) is 0 Å². The molecule has 0 spiro atoms. The van der Waals surface area contributed by atoms with Crippen LogP contribution in [0.1, 0.15) is 17.4 Å². The van der Waals surface area contributed by atoms with Gasteiger partial charge in [0.15, 0.2) is 6.29 Å². The molecule has 0 amide bonds. The second-order valence-corrected chi connectivity index (χ2v) is 4.55. The first-order chi connectivity index (χ1) is 8.13. The number of thiophene rings is 1. The Bertz CT molecular complexity index is 517. The van der Waals surface area contributed by atoms with Crippen LogP contribution in [-0.4, -0.2) is 17.3 Å². The third-order valence-corrected chi connectivity index (χ3v) is 3.53. The number of hydrogen-bond donors (Lipinski definition) is 2. The van der Waals surface area contributed by atoms with Crippen molar-refractivity contribution in [3.63, 3.8) is 0 Å². The molecule has 4 heteroatoms. The molecule has 0 atom stereocenters. The molecule has 0 aliphatic rings. The summed E-state index contributed by atoms with van der Waals surface area (Å²) < 4.78 is 5.30. The first kappa shape index (κ1) is 12.1. The molecule has 3 nitrogen and oxygen atoms in total. The van der Waals surface area contributed by atoms with Crippen LogP contribution < -0.4 is 4.74 Å². The third kappa shape index (κ3) is 2.34. The maximum absolute atomic E-state index is 9.12. The summed E-state index contributed by atoms with van der Waals surface area (Å²) >= 11 is 1.64. The lowest BCUT2D eigenvalue weighted by molar-refractivity contribution is -0.0425. The van der Waals surface area contributed by atoms with Gasteiger partial charge in [-0.25, -0.2) is 0 Å². The number of methoxy groups -OCH3 is 1. The fraction of sp³-hybridized carbons (Fsp3) is 0.231. The van der Waals surface area contributed by atoms with E-state index in [2.05, 4.69) is 10.8 Å². The van der Waals surface area contributed by atoms with Crippen molar-refractivity contribution in [2.45, 2.75) is 13.2 Å². The zero-order valence-corrected chi connectivity index (χ0v) is 10.5. The highest BCUT2D eigenvalue weighted by atomic mass is 32.1. The van der Waals surface area contributed by atoms with Crippen molar-refractivity contribution in [2.24, 2.45) is 0 Å². The van der Waals surface area contributed by atoms with E-state index in [-0.39, 0.29) is 0 Å². The van der Waals surface area contributed by atoms with E-state index in [1.54, 1.807) is 30.6 Å². The molecule has 0 bridgehead atoms. The number of aliphatic hydroxyl groups excluding tert-OH is 1. The maximum Gasteiger partial charge on any atom is 0.178 e. The molecule has 0 radical (unpaired) electrons. The van der Waals surface area contributed by atoms with E-state index in [4.69, 9.17) is 14.9 Å². The zero-order chi connectivity index (χ0) is 12.4. The number of aryl methyl sites for hydroxylation is 1. The van der Waals surface area contributed by atoms with Crippen molar-refractivity contribution in [3.05, 3.63) is 40.1 Å². The minimum atomic E-state index is -1.47. The molecule has 1 aromatic carbocycles. The fourth-order valence-corrected chi connectivity index (χ4v) is 2.58. The molecule has 0 saturated carbocycles. The average molecular weight is 250 g/mol. The molecule has 2 rings (SSSR count). The zero-order valence-electron chi connectivity index (χ0n) is 9.68. The Morgan fingerprint density at radius 1 is 1.18 bits per heavy atom. The van der Waals surface area contributed by atoms with Crippen molar-refractivity contribution in [1.82, 2.24) is 0 Å². The van der Waals surface area contributed by atoms with Gasteiger partial charge in [0.05, 0.1) is 7.11 Å². The van der Waals surface area contributed by atoms with E-state index in [0.29, 0.717) is 11.3 Å². The largest absolute Gasteiger partial charge is 0.496 e. The molecular formula is C13H14O3S. The first-order valence-electron chi connectivity index (χ1n) is 5.20. The first-order valence-corrected chi connectivity index (χ1v) is 6.15. The van der Waals surface area contributed by atoms with Crippen LogP contribution in [0.5, 0.6) is 5.75 Å². The van der Waals surface area contributed by atoms with E-state index >= 15 is 0 Å². The molecule has 2 N–H and O–H groups in total. The summed E-state index contributed by atoms with van der Waals surface area (Å²) in [7, 11) is 1.58. The summed E-state index contributed by atoms with van der Waals surface area (Å²) in [5, 5.41) is 22.4. The highest BCUT2D eigenvalue weighted by Gasteiger charge is 2.12. The van der Waals surface area contributed by atoms with Crippen molar-refractivity contribution in [3.8, 4) is 16.9 Å². The summed E-state index contributed by atoms with van der Waals surface area (Å²) in [6.45, 7) is 2.04. The summed E-state index contributed by atoms with van der Waals surface area (Å²) in [6, 6.07) is 5.19. The number of hydrogen-bond acceptors (Lipinski definition) is 4. The Morgan fingerprint density at radius 3 is 2.47 bits per heavy atom. The lowest BCUT2D eigenvalue weighted by Gasteiger charge is -2.11. The van der Waals surface area contributed by atoms with Gasteiger partial charge >= 0.3 is 0 Å². The Labute approximate surface area is 104 Å². The van der Waals surface area contributed by atoms with Crippen LogP contribution in [0.25, 0.3) is 11.1 Å². The summed E-state index contributed by atoms with van der Waals surface area (Å²) in [5.74, 6) is 0.650. The van der Waals surface area contributed by atoms with Crippen LogP contribution in [0.15, 0.2) is 29.0 Å². The van der Waals surface area contributed by atoms with Crippen LogP contribution in [0.4, 0.5) is 0 Å². The maximum atomic E-state index is 9.12. The molecule has 0 aliphatic heterocycles. The Morgan fingerprint density at radius 2 is 1.94 bits per heavy atom. The van der Waals surface area contributed by atoms with Gasteiger partial charge in [-0.3, -0.25) is 0 Å². The molecule has 0 unspecified atom stereocenters. The number of aliphatic hydroxyl groups is 2. The Balaban J connectivity index is 2.52. The predicted molar refractivity (Wildman–Crippen MR) is 68.2 cm³/mol. The molecule has 17 heavy (non-hydrogen) atoms. The molecule has 0 fully saturated rings. The van der Waals surface area contributed by atoms with E-state index in [9.17, 15) is 0 Å². The lowest BCUT2D eigenvalue weighted by atomic mass is 10.0. The third-order valence-electron chi connectivity index (χ3n) is 2.67. The molecule has 0 saturated heterocycles. The van der Waals surface area contributed by atoms with E-state index < -0.39 is 6.29 Å². The lowest BCUT2D eigenvalue weighted by Crippen LogP contribution is -1.97. The van der Waals surface area contributed by atoms with Gasteiger partial charge < -0.3 is 14.9 Å². The van der Waals surface area contributed by atoms with Gasteiger partial charge in [0, 0.05) is 11.1 Å². The average Bonchev–Trinajstić information content (AvgIpc) is 2.74. The molecule has 90 valence electrons. The number of rotatable bonds is 3. The normalized spacial score (nSPS) is 10.9. The minimum absolute atomic E-state index is 0.429. The van der Waals surface area contributed by atoms with Crippen LogP contribution in [0, 0.1) is 6.92 Å². The number of benzene rings is 1. The fourth-order valence-electron chi connectivity index (χ4n) is 1.73. The van der Waals surface area contributed by atoms with E-state index in [0.717, 1.165) is 11.1 Å². The smallest absolute Gasteiger partial charge is 0.178 e.